The summed E-state index contributed by atoms with van der Waals surface area (Å²) in [6, 6.07) is -1.25. The first kappa shape index (κ1) is 15.8. The lowest BCUT2D eigenvalue weighted by molar-refractivity contribution is -0.138. The van der Waals surface area contributed by atoms with E-state index in [4.69, 9.17) is 5.73 Å². The predicted octanol–water partition coefficient (Wildman–Crippen LogP) is -0.0958. The number of piperazine rings is 1. The molecule has 0 unspecified atom stereocenters. The number of rotatable bonds is 3. The average molecular weight is 296 g/mol. The molecule has 1 saturated heterocycles. The van der Waals surface area contributed by atoms with E-state index >= 15 is 0 Å². The minimum Gasteiger partial charge on any atom is -0.351 e. The van der Waals surface area contributed by atoms with Crippen molar-refractivity contribution in [1.29, 1.82) is 0 Å². The molecule has 4 amide bonds. The summed E-state index contributed by atoms with van der Waals surface area (Å²) in [5, 5.41) is 2.10. The smallest absolute Gasteiger partial charge is 0.318 e. The summed E-state index contributed by atoms with van der Waals surface area (Å²) in [7, 11) is 0. The third-order valence-electron chi connectivity index (χ3n) is 4.50. The number of nitrogens with one attached hydrogen (secondary N) is 1. The molecule has 0 bridgehead atoms. The fraction of sp³-hybridized carbons (Fsp3) is 0.786. The maximum absolute atomic E-state index is 12.3. The van der Waals surface area contributed by atoms with Gasteiger partial charge in [0, 0.05) is 32.1 Å². The van der Waals surface area contributed by atoms with E-state index in [-0.39, 0.29) is 11.8 Å². The molecule has 1 aliphatic heterocycles. The lowest BCUT2D eigenvalue weighted by atomic mass is 10.1. The Bertz CT molecular complexity index is 412. The number of imide groups is 1. The molecule has 1 aliphatic carbocycles. The van der Waals surface area contributed by atoms with Gasteiger partial charge in [-0.2, -0.15) is 0 Å². The summed E-state index contributed by atoms with van der Waals surface area (Å²) in [4.78, 5) is 38.6. The van der Waals surface area contributed by atoms with Crippen molar-refractivity contribution in [3.63, 3.8) is 0 Å². The molecular formula is C14H24N4O3. The highest BCUT2D eigenvalue weighted by Gasteiger charge is 2.31. The number of nitrogens with two attached hydrogens (primary N) is 1. The quantitative estimate of drug-likeness (QED) is 0.760. The summed E-state index contributed by atoms with van der Waals surface area (Å²) in [6.07, 6.45) is 4.33. The van der Waals surface area contributed by atoms with E-state index < -0.39 is 18.0 Å². The van der Waals surface area contributed by atoms with Gasteiger partial charge in [0.15, 0.2) is 0 Å². The Labute approximate surface area is 124 Å². The van der Waals surface area contributed by atoms with Crippen LogP contribution < -0.4 is 11.1 Å². The lowest BCUT2D eigenvalue weighted by Crippen LogP contribution is -2.56. The van der Waals surface area contributed by atoms with Crippen LogP contribution in [0, 0.1) is 5.92 Å². The number of carbonyl (C=O) groups excluding carboxylic acids is 3. The Morgan fingerprint density at radius 3 is 2.19 bits per heavy atom. The first-order chi connectivity index (χ1) is 9.99. The first-order valence-corrected chi connectivity index (χ1v) is 7.62. The zero-order chi connectivity index (χ0) is 15.4. The van der Waals surface area contributed by atoms with E-state index in [1.54, 1.807) is 6.92 Å². The third-order valence-corrected chi connectivity index (χ3v) is 4.50. The molecule has 0 aromatic rings. The van der Waals surface area contributed by atoms with Gasteiger partial charge in [-0.3, -0.25) is 19.8 Å². The Balaban J connectivity index is 1.81. The van der Waals surface area contributed by atoms with E-state index in [1.165, 1.54) is 0 Å². The molecule has 0 aromatic heterocycles. The molecular weight excluding hydrogens is 272 g/mol. The van der Waals surface area contributed by atoms with E-state index in [0.717, 1.165) is 25.7 Å². The van der Waals surface area contributed by atoms with Gasteiger partial charge in [-0.1, -0.05) is 12.8 Å². The van der Waals surface area contributed by atoms with Crippen molar-refractivity contribution >= 4 is 17.8 Å². The summed E-state index contributed by atoms with van der Waals surface area (Å²) in [5.74, 6) is 0.0755. The van der Waals surface area contributed by atoms with Crippen LogP contribution in [0.2, 0.25) is 0 Å². The molecule has 3 N–H and O–H groups in total. The number of hydrogen-bond donors (Lipinski definition) is 2. The second-order valence-electron chi connectivity index (χ2n) is 5.87. The van der Waals surface area contributed by atoms with Crippen LogP contribution in [0.25, 0.3) is 0 Å². The summed E-state index contributed by atoms with van der Waals surface area (Å²) in [5.41, 5.74) is 4.95. The van der Waals surface area contributed by atoms with E-state index in [2.05, 4.69) is 5.32 Å². The van der Waals surface area contributed by atoms with Gasteiger partial charge < -0.3 is 10.6 Å². The number of amides is 4. The van der Waals surface area contributed by atoms with Crippen molar-refractivity contribution in [3.8, 4) is 0 Å². The van der Waals surface area contributed by atoms with Gasteiger partial charge in [0.25, 0.3) is 0 Å². The molecule has 7 heteroatoms. The van der Waals surface area contributed by atoms with Crippen molar-refractivity contribution in [2.75, 3.05) is 26.2 Å². The SMILES string of the molecule is C[C@H](C(=O)NC(N)=O)N1CCN(C(=O)C2CCCC2)CC1. The maximum atomic E-state index is 12.3. The van der Waals surface area contributed by atoms with Crippen LogP contribution in [0.4, 0.5) is 4.79 Å². The highest BCUT2D eigenvalue weighted by molar-refractivity contribution is 5.96. The molecule has 1 atom stereocenters. The molecule has 2 rings (SSSR count). The van der Waals surface area contributed by atoms with E-state index in [9.17, 15) is 14.4 Å². The number of nitrogens with zero attached hydrogens (tertiary/aromatic N) is 2. The van der Waals surface area contributed by atoms with Gasteiger partial charge in [0.2, 0.25) is 11.8 Å². The van der Waals surface area contributed by atoms with Crippen molar-refractivity contribution in [2.45, 2.75) is 38.6 Å². The molecule has 2 aliphatic rings. The van der Waals surface area contributed by atoms with Gasteiger partial charge in [-0.05, 0) is 19.8 Å². The number of carbonyl (C=O) groups is 3. The fourth-order valence-corrected chi connectivity index (χ4v) is 3.15. The molecule has 0 radical (unpaired) electrons. The number of primary amides is 1. The fourth-order valence-electron chi connectivity index (χ4n) is 3.15. The maximum Gasteiger partial charge on any atom is 0.318 e. The molecule has 2 fully saturated rings. The molecule has 118 valence electrons. The van der Waals surface area contributed by atoms with E-state index in [0.29, 0.717) is 26.2 Å². The zero-order valence-electron chi connectivity index (χ0n) is 12.5. The zero-order valence-corrected chi connectivity index (χ0v) is 12.5. The van der Waals surface area contributed by atoms with Crippen LogP contribution in [0.1, 0.15) is 32.6 Å². The second kappa shape index (κ2) is 6.89. The van der Waals surface area contributed by atoms with Crippen molar-refractivity contribution in [1.82, 2.24) is 15.1 Å². The summed E-state index contributed by atoms with van der Waals surface area (Å²) in [6.45, 7) is 4.32. The van der Waals surface area contributed by atoms with Gasteiger partial charge in [0.1, 0.15) is 0 Å². The highest BCUT2D eigenvalue weighted by Crippen LogP contribution is 2.27. The van der Waals surface area contributed by atoms with Crippen LogP contribution in [0.3, 0.4) is 0 Å². The highest BCUT2D eigenvalue weighted by atomic mass is 16.2. The third kappa shape index (κ3) is 3.93. The van der Waals surface area contributed by atoms with Crippen molar-refractivity contribution in [3.05, 3.63) is 0 Å². The van der Waals surface area contributed by atoms with Crippen LogP contribution in [0.5, 0.6) is 0 Å². The first-order valence-electron chi connectivity index (χ1n) is 7.62. The van der Waals surface area contributed by atoms with Crippen LogP contribution in [-0.4, -0.2) is 59.9 Å². The van der Waals surface area contributed by atoms with Crippen molar-refractivity contribution < 1.29 is 14.4 Å². The molecule has 0 spiro atoms. The topological polar surface area (TPSA) is 95.7 Å². The molecule has 21 heavy (non-hydrogen) atoms. The van der Waals surface area contributed by atoms with Gasteiger partial charge in [-0.15, -0.1) is 0 Å². The molecule has 1 saturated carbocycles. The van der Waals surface area contributed by atoms with Crippen LogP contribution in [-0.2, 0) is 9.59 Å². The van der Waals surface area contributed by atoms with Crippen LogP contribution in [0.15, 0.2) is 0 Å². The molecule has 1 heterocycles. The van der Waals surface area contributed by atoms with E-state index in [1.807, 2.05) is 9.80 Å². The van der Waals surface area contributed by atoms with Gasteiger partial charge in [0.05, 0.1) is 6.04 Å². The average Bonchev–Trinajstić information content (AvgIpc) is 2.99. The summed E-state index contributed by atoms with van der Waals surface area (Å²) < 4.78 is 0. The Morgan fingerprint density at radius 2 is 1.67 bits per heavy atom. The minimum absolute atomic E-state index is 0.201. The Hall–Kier alpha value is -1.63. The number of urea groups is 1. The number of hydrogen-bond acceptors (Lipinski definition) is 4. The van der Waals surface area contributed by atoms with Crippen molar-refractivity contribution in [2.24, 2.45) is 11.7 Å². The Morgan fingerprint density at radius 1 is 1.10 bits per heavy atom. The predicted molar refractivity (Wildman–Crippen MR) is 77.3 cm³/mol. The standard InChI is InChI=1S/C14H24N4O3/c1-10(12(19)16-14(15)21)17-6-8-18(9-7-17)13(20)11-4-2-3-5-11/h10-11H,2-9H2,1H3,(H3,15,16,19,21)/t10-/m1/s1. The molecule has 7 nitrogen and oxygen atoms in total. The monoisotopic (exact) mass is 296 g/mol. The lowest BCUT2D eigenvalue weighted by Gasteiger charge is -2.38. The largest absolute Gasteiger partial charge is 0.351 e. The molecule has 0 aromatic carbocycles. The van der Waals surface area contributed by atoms with Gasteiger partial charge >= 0.3 is 6.03 Å². The summed E-state index contributed by atoms with van der Waals surface area (Å²) >= 11 is 0. The minimum atomic E-state index is -0.832. The Kier molecular flexibility index (Phi) is 5.17. The van der Waals surface area contributed by atoms with Gasteiger partial charge in [-0.25, -0.2) is 4.79 Å². The normalized spacial score (nSPS) is 22.0. The van der Waals surface area contributed by atoms with Crippen LogP contribution >= 0.6 is 0 Å². The second-order valence-corrected chi connectivity index (χ2v) is 5.87.